The summed E-state index contributed by atoms with van der Waals surface area (Å²) in [6, 6.07) is 12.2. The number of piperazine rings is 1. The molecule has 2 saturated heterocycles. The highest BCUT2D eigenvalue weighted by Gasteiger charge is 2.40. The second kappa shape index (κ2) is 9.61. The van der Waals surface area contributed by atoms with Crippen LogP contribution in [0.1, 0.15) is 17.7 Å². The SMILES string of the molecule is O=C(CC1NC(=O)N(Cc2ccco2)C1=O)N1CCN(C/C=C/c2ccccc2)CC1. The van der Waals surface area contributed by atoms with Gasteiger partial charge in [-0.05, 0) is 17.7 Å². The number of carbonyl (C=O) groups is 3. The zero-order valence-corrected chi connectivity index (χ0v) is 17.3. The number of urea groups is 1. The number of furan rings is 1. The van der Waals surface area contributed by atoms with Crippen LogP contribution in [-0.2, 0) is 16.1 Å². The number of nitrogens with one attached hydrogen (secondary N) is 1. The Morgan fingerprint density at radius 2 is 1.84 bits per heavy atom. The van der Waals surface area contributed by atoms with Gasteiger partial charge >= 0.3 is 6.03 Å². The third kappa shape index (κ3) is 5.21. The molecule has 2 fully saturated rings. The van der Waals surface area contributed by atoms with E-state index in [2.05, 4.69) is 34.5 Å². The normalized spacial score (nSPS) is 19.9. The second-order valence-electron chi connectivity index (χ2n) is 7.70. The highest BCUT2D eigenvalue weighted by molar-refractivity contribution is 6.05. The smallest absolute Gasteiger partial charge is 0.325 e. The van der Waals surface area contributed by atoms with Gasteiger partial charge in [-0.15, -0.1) is 0 Å². The van der Waals surface area contributed by atoms with E-state index in [9.17, 15) is 14.4 Å². The van der Waals surface area contributed by atoms with Crippen molar-refractivity contribution in [3.8, 4) is 0 Å². The molecule has 0 radical (unpaired) electrons. The number of carbonyl (C=O) groups excluding carboxylic acids is 3. The Bertz CT molecular complexity index is 934. The van der Waals surface area contributed by atoms with Crippen LogP contribution < -0.4 is 5.32 Å². The molecular weight excluding hydrogens is 396 g/mol. The Kier molecular flexibility index (Phi) is 6.47. The van der Waals surface area contributed by atoms with Gasteiger partial charge in [-0.1, -0.05) is 42.5 Å². The number of hydrogen-bond acceptors (Lipinski definition) is 5. The molecule has 1 unspecified atom stereocenters. The Balaban J connectivity index is 1.22. The fourth-order valence-corrected chi connectivity index (χ4v) is 3.81. The summed E-state index contributed by atoms with van der Waals surface area (Å²) in [4.78, 5) is 42.5. The number of rotatable bonds is 7. The second-order valence-corrected chi connectivity index (χ2v) is 7.70. The topological polar surface area (TPSA) is 86.1 Å². The standard InChI is InChI=1S/C23H26N4O4/c28-21(16-20-22(29)27(23(30)24-20)17-19-9-5-15-31-19)26-13-11-25(12-14-26)10-4-8-18-6-2-1-3-7-18/h1-9,15,20H,10-14,16-17H2,(H,24,30)/b8-4+. The van der Waals surface area contributed by atoms with E-state index in [-0.39, 0.29) is 24.8 Å². The average Bonchev–Trinajstić information content (AvgIpc) is 3.39. The Morgan fingerprint density at radius 3 is 2.55 bits per heavy atom. The molecule has 8 heteroatoms. The van der Waals surface area contributed by atoms with Gasteiger partial charge in [0, 0.05) is 32.7 Å². The van der Waals surface area contributed by atoms with Crippen LogP contribution in [0.4, 0.5) is 4.79 Å². The van der Waals surface area contributed by atoms with Crippen LogP contribution in [0.2, 0.25) is 0 Å². The van der Waals surface area contributed by atoms with E-state index in [0.29, 0.717) is 18.8 Å². The molecule has 3 heterocycles. The van der Waals surface area contributed by atoms with Gasteiger partial charge in [-0.25, -0.2) is 4.79 Å². The largest absolute Gasteiger partial charge is 0.467 e. The zero-order chi connectivity index (χ0) is 21.6. The number of benzene rings is 1. The number of imide groups is 1. The summed E-state index contributed by atoms with van der Waals surface area (Å²) in [6.45, 7) is 3.68. The molecule has 0 aliphatic carbocycles. The lowest BCUT2D eigenvalue weighted by atomic mass is 10.1. The van der Waals surface area contributed by atoms with Crippen LogP contribution in [0.5, 0.6) is 0 Å². The van der Waals surface area contributed by atoms with Crippen molar-refractivity contribution < 1.29 is 18.8 Å². The van der Waals surface area contributed by atoms with Gasteiger partial charge in [0.25, 0.3) is 5.91 Å². The molecule has 8 nitrogen and oxygen atoms in total. The first-order valence-electron chi connectivity index (χ1n) is 10.5. The van der Waals surface area contributed by atoms with E-state index in [1.165, 1.54) is 11.8 Å². The van der Waals surface area contributed by atoms with Crippen LogP contribution >= 0.6 is 0 Å². The van der Waals surface area contributed by atoms with Crippen molar-refractivity contribution in [2.45, 2.75) is 19.0 Å². The minimum Gasteiger partial charge on any atom is -0.467 e. The van der Waals surface area contributed by atoms with Crippen molar-refractivity contribution in [2.75, 3.05) is 32.7 Å². The van der Waals surface area contributed by atoms with Crippen molar-refractivity contribution in [1.82, 2.24) is 20.0 Å². The van der Waals surface area contributed by atoms with Crippen molar-refractivity contribution in [2.24, 2.45) is 0 Å². The molecule has 1 aromatic carbocycles. The molecule has 162 valence electrons. The summed E-state index contributed by atoms with van der Waals surface area (Å²) >= 11 is 0. The molecule has 0 saturated carbocycles. The molecule has 1 aromatic heterocycles. The molecule has 31 heavy (non-hydrogen) atoms. The van der Waals surface area contributed by atoms with Crippen LogP contribution in [0, 0.1) is 0 Å². The lowest BCUT2D eigenvalue weighted by molar-refractivity contribution is -0.137. The maximum atomic E-state index is 12.7. The maximum Gasteiger partial charge on any atom is 0.325 e. The quantitative estimate of drug-likeness (QED) is 0.690. The third-order valence-corrected chi connectivity index (χ3v) is 5.58. The lowest BCUT2D eigenvalue weighted by Crippen LogP contribution is -2.50. The van der Waals surface area contributed by atoms with E-state index < -0.39 is 12.1 Å². The molecule has 1 N–H and O–H groups in total. The molecular formula is C23H26N4O4. The predicted molar refractivity (Wildman–Crippen MR) is 115 cm³/mol. The molecule has 2 aliphatic rings. The van der Waals surface area contributed by atoms with Gasteiger partial charge in [-0.3, -0.25) is 19.4 Å². The fourth-order valence-electron chi connectivity index (χ4n) is 3.81. The molecule has 2 aromatic rings. The van der Waals surface area contributed by atoms with E-state index in [1.807, 2.05) is 18.2 Å². The minimum atomic E-state index is -0.818. The van der Waals surface area contributed by atoms with Crippen molar-refractivity contribution >= 4 is 23.9 Å². The predicted octanol–water partition coefficient (Wildman–Crippen LogP) is 1.95. The zero-order valence-electron chi connectivity index (χ0n) is 17.3. The first-order chi connectivity index (χ1) is 15.1. The number of amides is 4. The van der Waals surface area contributed by atoms with Gasteiger partial charge < -0.3 is 14.6 Å². The maximum absolute atomic E-state index is 12.7. The van der Waals surface area contributed by atoms with E-state index >= 15 is 0 Å². The Labute approximate surface area is 181 Å². The average molecular weight is 422 g/mol. The summed E-state index contributed by atoms with van der Waals surface area (Å²) in [5, 5.41) is 2.62. The Hall–Kier alpha value is -3.39. The van der Waals surface area contributed by atoms with E-state index in [4.69, 9.17) is 4.42 Å². The summed E-state index contributed by atoms with van der Waals surface area (Å²) in [6.07, 6.45) is 5.70. The molecule has 2 aliphatic heterocycles. The summed E-state index contributed by atoms with van der Waals surface area (Å²) in [5.74, 6) is 0.0188. The molecule has 1 atom stereocenters. The third-order valence-electron chi connectivity index (χ3n) is 5.58. The van der Waals surface area contributed by atoms with Crippen LogP contribution in [0.15, 0.2) is 59.2 Å². The first kappa shape index (κ1) is 20.9. The summed E-state index contributed by atoms with van der Waals surface area (Å²) < 4.78 is 5.21. The highest BCUT2D eigenvalue weighted by atomic mass is 16.3. The van der Waals surface area contributed by atoms with Crippen LogP contribution in [0.25, 0.3) is 6.08 Å². The summed E-state index contributed by atoms with van der Waals surface area (Å²) in [5.41, 5.74) is 1.17. The monoisotopic (exact) mass is 422 g/mol. The van der Waals surface area contributed by atoms with E-state index in [1.54, 1.807) is 17.0 Å². The minimum absolute atomic E-state index is 0.0207. The highest BCUT2D eigenvalue weighted by Crippen LogP contribution is 2.16. The van der Waals surface area contributed by atoms with E-state index in [0.717, 1.165) is 24.5 Å². The molecule has 4 rings (SSSR count). The van der Waals surface area contributed by atoms with Crippen molar-refractivity contribution in [3.05, 3.63) is 66.1 Å². The molecule has 0 bridgehead atoms. The van der Waals surface area contributed by atoms with Crippen molar-refractivity contribution in [1.29, 1.82) is 0 Å². The fraction of sp³-hybridized carbons (Fsp3) is 0.348. The van der Waals surface area contributed by atoms with Crippen LogP contribution in [0.3, 0.4) is 0 Å². The van der Waals surface area contributed by atoms with Gasteiger partial charge in [0.15, 0.2) is 0 Å². The van der Waals surface area contributed by atoms with Gasteiger partial charge in [0.2, 0.25) is 5.91 Å². The lowest BCUT2D eigenvalue weighted by Gasteiger charge is -2.34. The number of nitrogens with zero attached hydrogens (tertiary/aromatic N) is 3. The van der Waals surface area contributed by atoms with Gasteiger partial charge in [-0.2, -0.15) is 0 Å². The summed E-state index contributed by atoms with van der Waals surface area (Å²) in [7, 11) is 0. The number of hydrogen-bond donors (Lipinski definition) is 1. The van der Waals surface area contributed by atoms with Gasteiger partial charge in [0.1, 0.15) is 11.8 Å². The first-order valence-corrected chi connectivity index (χ1v) is 10.5. The van der Waals surface area contributed by atoms with Gasteiger partial charge in [0.05, 0.1) is 19.2 Å². The molecule has 4 amide bonds. The van der Waals surface area contributed by atoms with Crippen molar-refractivity contribution in [3.63, 3.8) is 0 Å². The molecule has 0 spiro atoms. The Morgan fingerprint density at radius 1 is 1.06 bits per heavy atom. The van der Waals surface area contributed by atoms with Crippen LogP contribution in [-0.4, -0.2) is 71.3 Å².